The van der Waals surface area contributed by atoms with Crippen LogP contribution in [0.4, 0.5) is 13.2 Å². The van der Waals surface area contributed by atoms with Crippen molar-refractivity contribution in [2.75, 3.05) is 0 Å². The molecule has 0 saturated heterocycles. The number of carbonyl (C=O) groups excluding carboxylic acids is 1. The number of hydrogen-bond acceptors (Lipinski definition) is 2. The van der Waals surface area contributed by atoms with Gasteiger partial charge >= 0.3 is 12.1 Å². The van der Waals surface area contributed by atoms with Gasteiger partial charge < -0.3 is 5.11 Å². The van der Waals surface area contributed by atoms with E-state index in [2.05, 4.69) is 0 Å². The summed E-state index contributed by atoms with van der Waals surface area (Å²) in [5, 5.41) is 8.64. The minimum Gasteiger partial charge on any atom is -0.478 e. The van der Waals surface area contributed by atoms with Gasteiger partial charge in [0.25, 0.3) is 0 Å². The SMILES string of the molecule is O=C(O)c1ccc(CC2Cc3c(cccc3-c3ccc(Cl)c(C(F)(F)F)c3)C2=O)cc1. The van der Waals surface area contributed by atoms with E-state index in [9.17, 15) is 22.8 Å². The molecule has 0 amide bonds. The summed E-state index contributed by atoms with van der Waals surface area (Å²) in [7, 11) is 0. The Morgan fingerprint density at radius 3 is 2.35 bits per heavy atom. The molecule has 0 radical (unpaired) electrons. The number of hydrogen-bond donors (Lipinski definition) is 1. The number of benzene rings is 3. The Hall–Kier alpha value is -3.12. The van der Waals surface area contributed by atoms with Gasteiger partial charge in [0.05, 0.1) is 16.1 Å². The van der Waals surface area contributed by atoms with E-state index in [-0.39, 0.29) is 22.3 Å². The molecule has 4 rings (SSSR count). The second-order valence-electron chi connectivity index (χ2n) is 7.50. The predicted molar refractivity (Wildman–Crippen MR) is 111 cm³/mol. The first-order valence-corrected chi connectivity index (χ1v) is 9.88. The lowest BCUT2D eigenvalue weighted by Crippen LogP contribution is -2.12. The molecular formula is C24H16ClF3O3. The van der Waals surface area contributed by atoms with E-state index in [0.717, 1.165) is 17.2 Å². The predicted octanol–water partition coefficient (Wildman–Crippen LogP) is 6.32. The van der Waals surface area contributed by atoms with Crippen LogP contribution in [0, 0.1) is 5.92 Å². The molecule has 7 heteroatoms. The second-order valence-corrected chi connectivity index (χ2v) is 7.90. The Labute approximate surface area is 181 Å². The highest BCUT2D eigenvalue weighted by Gasteiger charge is 2.35. The smallest absolute Gasteiger partial charge is 0.417 e. The van der Waals surface area contributed by atoms with Gasteiger partial charge in [0.15, 0.2) is 5.78 Å². The lowest BCUT2D eigenvalue weighted by atomic mass is 9.93. The maximum absolute atomic E-state index is 13.3. The third-order valence-corrected chi connectivity index (χ3v) is 5.86. The maximum Gasteiger partial charge on any atom is 0.417 e. The number of aromatic carboxylic acids is 1. The van der Waals surface area contributed by atoms with Crippen LogP contribution in [0.5, 0.6) is 0 Å². The van der Waals surface area contributed by atoms with Crippen LogP contribution in [-0.4, -0.2) is 16.9 Å². The highest BCUT2D eigenvalue weighted by atomic mass is 35.5. The molecule has 1 N–H and O–H groups in total. The first-order valence-electron chi connectivity index (χ1n) is 9.50. The molecule has 1 atom stereocenters. The van der Waals surface area contributed by atoms with Crippen LogP contribution in [-0.2, 0) is 19.0 Å². The van der Waals surface area contributed by atoms with Gasteiger partial charge in [0.2, 0.25) is 0 Å². The first kappa shape index (κ1) is 21.1. The average Bonchev–Trinajstić information content (AvgIpc) is 3.04. The van der Waals surface area contributed by atoms with E-state index in [4.69, 9.17) is 16.7 Å². The third-order valence-electron chi connectivity index (χ3n) is 5.53. The maximum atomic E-state index is 13.3. The molecule has 1 aliphatic carbocycles. The number of rotatable bonds is 4. The fraction of sp³-hybridized carbons (Fsp3) is 0.167. The minimum absolute atomic E-state index is 0.0656. The molecule has 0 spiro atoms. The van der Waals surface area contributed by atoms with E-state index < -0.39 is 17.7 Å². The van der Waals surface area contributed by atoms with E-state index in [1.165, 1.54) is 24.3 Å². The Bertz CT molecular complexity index is 1180. The van der Waals surface area contributed by atoms with Gasteiger partial charge in [-0.1, -0.05) is 48.0 Å². The molecule has 0 aromatic heterocycles. The number of carboxylic acid groups (broad SMARTS) is 1. The molecule has 0 bridgehead atoms. The molecule has 3 aromatic rings. The molecule has 31 heavy (non-hydrogen) atoms. The molecule has 3 aromatic carbocycles. The summed E-state index contributed by atoms with van der Waals surface area (Å²) in [6, 6.07) is 15.1. The van der Waals surface area contributed by atoms with Crippen LogP contribution in [0.25, 0.3) is 11.1 Å². The van der Waals surface area contributed by atoms with Crippen molar-refractivity contribution in [2.45, 2.75) is 19.0 Å². The van der Waals surface area contributed by atoms with Gasteiger partial charge in [0, 0.05) is 11.5 Å². The largest absolute Gasteiger partial charge is 0.478 e. The molecule has 1 aliphatic rings. The molecule has 0 fully saturated rings. The van der Waals surface area contributed by atoms with Crippen molar-refractivity contribution in [1.82, 2.24) is 0 Å². The third kappa shape index (κ3) is 4.08. The van der Waals surface area contributed by atoms with Crippen molar-refractivity contribution in [3.05, 3.63) is 93.5 Å². The van der Waals surface area contributed by atoms with E-state index >= 15 is 0 Å². The topological polar surface area (TPSA) is 54.4 Å². The van der Waals surface area contributed by atoms with Gasteiger partial charge in [-0.3, -0.25) is 4.79 Å². The van der Waals surface area contributed by atoms with Crippen LogP contribution >= 0.6 is 11.6 Å². The molecule has 0 saturated carbocycles. The van der Waals surface area contributed by atoms with Gasteiger partial charge in [0.1, 0.15) is 0 Å². The standard InChI is InChI=1S/C24H16ClF3O3/c25-21-9-8-15(12-20(21)24(26,27)28)17-2-1-3-18-19(17)11-16(22(18)29)10-13-4-6-14(7-5-13)23(30)31/h1-9,12,16H,10-11H2,(H,30,31). The van der Waals surface area contributed by atoms with Crippen LogP contribution in [0.2, 0.25) is 5.02 Å². The van der Waals surface area contributed by atoms with Crippen molar-refractivity contribution in [1.29, 1.82) is 0 Å². The zero-order chi connectivity index (χ0) is 22.3. The highest BCUT2D eigenvalue weighted by molar-refractivity contribution is 6.31. The van der Waals surface area contributed by atoms with E-state index in [1.54, 1.807) is 30.3 Å². The van der Waals surface area contributed by atoms with Crippen LogP contribution in [0.15, 0.2) is 60.7 Å². The summed E-state index contributed by atoms with van der Waals surface area (Å²) >= 11 is 5.74. The molecule has 1 unspecified atom stereocenters. The Kier molecular flexibility index (Phi) is 5.35. The van der Waals surface area contributed by atoms with E-state index in [0.29, 0.717) is 29.5 Å². The summed E-state index contributed by atoms with van der Waals surface area (Å²) < 4.78 is 39.9. The lowest BCUT2D eigenvalue weighted by molar-refractivity contribution is -0.137. The number of carboxylic acids is 1. The Morgan fingerprint density at radius 1 is 1.03 bits per heavy atom. The zero-order valence-electron chi connectivity index (χ0n) is 16.0. The zero-order valence-corrected chi connectivity index (χ0v) is 16.8. The number of halogens is 4. The summed E-state index contributed by atoms with van der Waals surface area (Å²) in [6.07, 6.45) is -3.76. The monoisotopic (exact) mass is 444 g/mol. The molecule has 0 heterocycles. The summed E-state index contributed by atoms with van der Waals surface area (Å²) in [5.41, 5.74) is 2.23. The van der Waals surface area contributed by atoms with Crippen molar-refractivity contribution in [3.8, 4) is 11.1 Å². The molecular weight excluding hydrogens is 429 g/mol. The van der Waals surface area contributed by atoms with Crippen LogP contribution in [0.3, 0.4) is 0 Å². The minimum atomic E-state index is -4.58. The average molecular weight is 445 g/mol. The van der Waals surface area contributed by atoms with Gasteiger partial charge in [-0.2, -0.15) is 13.2 Å². The summed E-state index contributed by atoms with van der Waals surface area (Å²) in [5.74, 6) is -1.45. The normalized spacial score (nSPS) is 15.7. The van der Waals surface area contributed by atoms with Gasteiger partial charge in [-0.05, 0) is 59.4 Å². The van der Waals surface area contributed by atoms with Crippen LogP contribution < -0.4 is 0 Å². The molecule has 158 valence electrons. The fourth-order valence-corrected chi connectivity index (χ4v) is 4.23. The van der Waals surface area contributed by atoms with Gasteiger partial charge in [-0.15, -0.1) is 0 Å². The number of Topliss-reactive ketones (excluding diaryl/α,β-unsaturated/α-hetero) is 1. The summed E-state index contributed by atoms with van der Waals surface area (Å²) in [4.78, 5) is 23.9. The fourth-order valence-electron chi connectivity index (χ4n) is 4.01. The van der Waals surface area contributed by atoms with Crippen molar-refractivity contribution in [2.24, 2.45) is 5.92 Å². The van der Waals surface area contributed by atoms with Crippen molar-refractivity contribution in [3.63, 3.8) is 0 Å². The van der Waals surface area contributed by atoms with Gasteiger partial charge in [-0.25, -0.2) is 4.79 Å². The molecule has 3 nitrogen and oxygen atoms in total. The number of fused-ring (bicyclic) bond motifs is 1. The Morgan fingerprint density at radius 2 is 1.71 bits per heavy atom. The second kappa shape index (κ2) is 7.85. The van der Waals surface area contributed by atoms with Crippen molar-refractivity contribution >= 4 is 23.4 Å². The van der Waals surface area contributed by atoms with Crippen LogP contribution in [0.1, 0.15) is 37.4 Å². The quantitative estimate of drug-likeness (QED) is 0.512. The van der Waals surface area contributed by atoms with E-state index in [1.807, 2.05) is 0 Å². The first-order chi connectivity index (χ1) is 14.6. The Balaban J connectivity index is 1.65. The summed E-state index contributed by atoms with van der Waals surface area (Å²) in [6.45, 7) is 0. The van der Waals surface area contributed by atoms with Crippen molar-refractivity contribution < 1.29 is 27.9 Å². The number of ketones is 1. The molecule has 0 aliphatic heterocycles. The lowest BCUT2D eigenvalue weighted by Gasteiger charge is -2.13. The number of carbonyl (C=O) groups is 2. The number of alkyl halides is 3. The highest BCUT2D eigenvalue weighted by Crippen LogP contribution is 2.40.